The smallest absolute Gasteiger partial charge is 0.0441 e. The maximum Gasteiger partial charge on any atom is 0.0441 e. The Bertz CT molecular complexity index is 2750. The van der Waals surface area contributed by atoms with Crippen LogP contribution in [0.5, 0.6) is 0 Å². The van der Waals surface area contributed by atoms with Gasteiger partial charge in [0.2, 0.25) is 0 Å². The van der Waals surface area contributed by atoms with E-state index in [9.17, 15) is 0 Å². The molecule has 11 rings (SSSR count). The van der Waals surface area contributed by atoms with Crippen molar-refractivity contribution >= 4 is 105 Å². The highest BCUT2D eigenvalue weighted by atomic mass is 32.1. The molecule has 0 unspecified atom stereocenters. The van der Waals surface area contributed by atoms with Crippen molar-refractivity contribution in [1.29, 1.82) is 0 Å². The molecule has 0 aliphatic heterocycles. The second-order valence-electron chi connectivity index (χ2n) is 12.4. The van der Waals surface area contributed by atoms with Crippen LogP contribution in [0.1, 0.15) is 25.0 Å². The van der Waals surface area contributed by atoms with Gasteiger partial charge in [-0.3, -0.25) is 0 Å². The predicted octanol–water partition coefficient (Wildman–Crippen LogP) is 12.8. The minimum absolute atomic E-state index is 0.0165. The molecule has 1 aliphatic carbocycles. The van der Waals surface area contributed by atoms with Gasteiger partial charge in [-0.05, 0) is 75.0 Å². The van der Waals surface area contributed by atoms with Gasteiger partial charge in [-0.2, -0.15) is 0 Å². The van der Waals surface area contributed by atoms with Crippen molar-refractivity contribution in [3.05, 3.63) is 108 Å². The molecule has 0 saturated carbocycles. The molecule has 10 aromatic rings. The average molecular weight is 587 g/mol. The van der Waals surface area contributed by atoms with Gasteiger partial charge in [0.25, 0.3) is 0 Å². The van der Waals surface area contributed by atoms with Crippen LogP contribution in [-0.2, 0) is 5.41 Å². The molecule has 0 spiro atoms. The Morgan fingerprint density at radius 3 is 1.64 bits per heavy atom. The first kappa shape index (κ1) is 22.6. The van der Waals surface area contributed by atoms with Gasteiger partial charge < -0.3 is 0 Å². The molecule has 3 heteroatoms. The van der Waals surface area contributed by atoms with E-state index < -0.39 is 0 Å². The first-order chi connectivity index (χ1) is 20.6. The molecule has 196 valence electrons. The molecule has 0 amide bonds. The summed E-state index contributed by atoms with van der Waals surface area (Å²) in [5.41, 5.74) is 8.13. The summed E-state index contributed by atoms with van der Waals surface area (Å²) in [5, 5.41) is 11.9. The number of hydrogen-bond acceptors (Lipinski definition) is 3. The van der Waals surface area contributed by atoms with Crippen LogP contribution in [0.4, 0.5) is 0 Å². The molecule has 0 fully saturated rings. The fraction of sp³-hybridized carbons (Fsp3) is 0.0769. The van der Waals surface area contributed by atoms with Gasteiger partial charge in [0.1, 0.15) is 0 Å². The minimum Gasteiger partial charge on any atom is -0.135 e. The molecule has 0 radical (unpaired) electrons. The summed E-state index contributed by atoms with van der Waals surface area (Å²) in [5.74, 6) is 0. The van der Waals surface area contributed by atoms with Gasteiger partial charge in [-0.15, -0.1) is 34.0 Å². The molecule has 3 aromatic heterocycles. The number of thiophene rings is 3. The molecule has 0 saturated heterocycles. The number of hydrogen-bond donors (Lipinski definition) is 0. The molecule has 7 aromatic carbocycles. The fourth-order valence-corrected chi connectivity index (χ4v) is 11.7. The standard InChI is InChI=1S/C39H22S3/c1-39(2)23-11-13-25-32-30(23)31-24(39)12-14-26-33(31)36-29(41-26)18-22(21-10-6-9-20(17-21)19-7-4-3-5-8-19)38-37(36)35-28(42-38)16-15-27(40-25)34(32)35/h3-18H,1-2H3. The zero-order chi connectivity index (χ0) is 27.5. The van der Waals surface area contributed by atoms with Gasteiger partial charge in [0, 0.05) is 71.5 Å². The van der Waals surface area contributed by atoms with Crippen molar-refractivity contribution in [2.75, 3.05) is 0 Å². The van der Waals surface area contributed by atoms with Crippen molar-refractivity contribution in [1.82, 2.24) is 0 Å². The molecule has 0 atom stereocenters. The molecule has 0 nitrogen and oxygen atoms in total. The highest BCUT2D eigenvalue weighted by Crippen LogP contribution is 2.59. The third-order valence-corrected chi connectivity index (χ3v) is 13.4. The summed E-state index contributed by atoms with van der Waals surface area (Å²) < 4.78 is 8.46. The van der Waals surface area contributed by atoms with Gasteiger partial charge in [-0.25, -0.2) is 0 Å². The summed E-state index contributed by atoms with van der Waals surface area (Å²) in [6.07, 6.45) is 0. The van der Waals surface area contributed by atoms with Crippen LogP contribution >= 0.6 is 34.0 Å². The molecule has 3 heterocycles. The van der Waals surface area contributed by atoms with Crippen LogP contribution in [0.15, 0.2) is 97.1 Å². The summed E-state index contributed by atoms with van der Waals surface area (Å²) in [6, 6.07) is 36.9. The lowest BCUT2D eigenvalue weighted by atomic mass is 9.81. The van der Waals surface area contributed by atoms with Crippen LogP contribution < -0.4 is 0 Å². The highest BCUT2D eigenvalue weighted by molar-refractivity contribution is 7.29. The van der Waals surface area contributed by atoms with Crippen molar-refractivity contribution in [3.63, 3.8) is 0 Å². The lowest BCUT2D eigenvalue weighted by Crippen LogP contribution is -2.15. The monoisotopic (exact) mass is 586 g/mol. The highest BCUT2D eigenvalue weighted by Gasteiger charge is 2.36. The molecular formula is C39H22S3. The first-order valence-electron chi connectivity index (χ1n) is 14.5. The number of rotatable bonds is 2. The Balaban J connectivity index is 1.41. The van der Waals surface area contributed by atoms with E-state index in [1.54, 1.807) is 0 Å². The summed E-state index contributed by atoms with van der Waals surface area (Å²) in [6.45, 7) is 4.85. The van der Waals surface area contributed by atoms with E-state index in [4.69, 9.17) is 0 Å². The molecular weight excluding hydrogens is 565 g/mol. The van der Waals surface area contributed by atoms with Crippen LogP contribution in [0.2, 0.25) is 0 Å². The number of benzene rings is 6. The Morgan fingerprint density at radius 2 is 0.929 bits per heavy atom. The van der Waals surface area contributed by atoms with E-state index in [1.165, 1.54) is 105 Å². The van der Waals surface area contributed by atoms with Crippen LogP contribution in [0.25, 0.3) is 93.5 Å². The normalized spacial score (nSPS) is 14.6. The van der Waals surface area contributed by atoms with Crippen LogP contribution in [0, 0.1) is 0 Å². The van der Waals surface area contributed by atoms with Gasteiger partial charge in [0.05, 0.1) is 0 Å². The van der Waals surface area contributed by atoms with Crippen LogP contribution in [0.3, 0.4) is 0 Å². The second kappa shape index (κ2) is 7.30. The Morgan fingerprint density at radius 1 is 0.405 bits per heavy atom. The van der Waals surface area contributed by atoms with Gasteiger partial charge in [-0.1, -0.05) is 74.5 Å². The maximum absolute atomic E-state index is 2.50. The lowest BCUT2D eigenvalue weighted by molar-refractivity contribution is 0.663. The Hall–Kier alpha value is -4.02. The van der Waals surface area contributed by atoms with Crippen molar-refractivity contribution in [2.45, 2.75) is 19.3 Å². The zero-order valence-corrected chi connectivity index (χ0v) is 25.4. The zero-order valence-electron chi connectivity index (χ0n) is 23.0. The quantitative estimate of drug-likeness (QED) is 0.189. The van der Waals surface area contributed by atoms with E-state index in [1.807, 2.05) is 34.0 Å². The Labute approximate surface area is 253 Å². The SMILES string of the molecule is CC1(C)c2ccc3sc4ccc5sc6c(-c7cccc(-c8ccccc8)c7)cc7sc8ccc1c1c2c3c4c5c6c7c81. The van der Waals surface area contributed by atoms with Crippen molar-refractivity contribution in [2.24, 2.45) is 0 Å². The minimum atomic E-state index is -0.0165. The van der Waals surface area contributed by atoms with E-state index in [2.05, 4.69) is 111 Å². The topological polar surface area (TPSA) is 0 Å². The second-order valence-corrected chi connectivity index (χ2v) is 15.6. The lowest BCUT2D eigenvalue weighted by Gasteiger charge is -2.22. The Kier molecular flexibility index (Phi) is 3.92. The molecule has 0 N–H and O–H groups in total. The van der Waals surface area contributed by atoms with Gasteiger partial charge in [0.15, 0.2) is 0 Å². The van der Waals surface area contributed by atoms with Gasteiger partial charge >= 0.3 is 0 Å². The summed E-state index contributed by atoms with van der Waals surface area (Å²) in [4.78, 5) is 0. The maximum atomic E-state index is 2.50. The average Bonchev–Trinajstić information content (AvgIpc) is 3.73. The summed E-state index contributed by atoms with van der Waals surface area (Å²) >= 11 is 5.93. The molecule has 42 heavy (non-hydrogen) atoms. The van der Waals surface area contributed by atoms with Crippen molar-refractivity contribution < 1.29 is 0 Å². The van der Waals surface area contributed by atoms with Crippen LogP contribution in [-0.4, -0.2) is 0 Å². The van der Waals surface area contributed by atoms with E-state index >= 15 is 0 Å². The van der Waals surface area contributed by atoms with E-state index in [0.29, 0.717) is 0 Å². The molecule has 0 bridgehead atoms. The van der Waals surface area contributed by atoms with E-state index in [0.717, 1.165) is 0 Å². The first-order valence-corrected chi connectivity index (χ1v) is 17.0. The predicted molar refractivity (Wildman–Crippen MR) is 188 cm³/mol. The van der Waals surface area contributed by atoms with E-state index in [-0.39, 0.29) is 5.41 Å². The fourth-order valence-electron chi connectivity index (χ4n) is 8.14. The third kappa shape index (κ3) is 2.49. The molecule has 1 aliphatic rings. The largest absolute Gasteiger partial charge is 0.135 e. The van der Waals surface area contributed by atoms with Crippen molar-refractivity contribution in [3.8, 4) is 22.3 Å². The summed E-state index contributed by atoms with van der Waals surface area (Å²) in [7, 11) is 0. The third-order valence-electron chi connectivity index (χ3n) is 9.99.